The summed E-state index contributed by atoms with van der Waals surface area (Å²) in [5.41, 5.74) is 2.43. The van der Waals surface area contributed by atoms with Gasteiger partial charge in [0.15, 0.2) is 0 Å². The van der Waals surface area contributed by atoms with Crippen LogP contribution in [0.15, 0.2) is 53.7 Å². The Hall–Kier alpha value is -1.63. The Morgan fingerprint density at radius 3 is 2.24 bits per heavy atom. The van der Waals surface area contributed by atoms with Crippen molar-refractivity contribution in [3.8, 4) is 0 Å². The lowest BCUT2D eigenvalue weighted by molar-refractivity contribution is 1.38. The van der Waals surface area contributed by atoms with E-state index in [0.717, 1.165) is 6.42 Å². The zero-order valence-electron chi connectivity index (χ0n) is 11.4. The zero-order valence-corrected chi connectivity index (χ0v) is 11.4. The third-order valence-corrected chi connectivity index (χ3v) is 1.99. The van der Waals surface area contributed by atoms with E-state index in [2.05, 4.69) is 23.2 Å². The van der Waals surface area contributed by atoms with Gasteiger partial charge in [0.1, 0.15) is 0 Å². The topological polar surface area (TPSA) is 12.4 Å². The van der Waals surface area contributed by atoms with Gasteiger partial charge in [-0.25, -0.2) is 0 Å². The first-order valence-corrected chi connectivity index (χ1v) is 6.40. The fourth-order valence-electron chi connectivity index (χ4n) is 1.32. The number of rotatable bonds is 1. The van der Waals surface area contributed by atoms with E-state index in [-0.39, 0.29) is 0 Å². The molecule has 1 heteroatoms. The molecule has 2 rings (SSSR count). The van der Waals surface area contributed by atoms with E-state index >= 15 is 0 Å². The predicted octanol–water partition coefficient (Wildman–Crippen LogP) is 5.11. The molecule has 0 fully saturated rings. The summed E-state index contributed by atoms with van der Waals surface area (Å²) in [5.74, 6) is 0. The van der Waals surface area contributed by atoms with Crippen molar-refractivity contribution in [2.45, 2.75) is 34.1 Å². The maximum atomic E-state index is 4.15. The number of aliphatic imine (C=N–C) groups is 1. The van der Waals surface area contributed by atoms with Crippen molar-refractivity contribution in [3.63, 3.8) is 0 Å². The Morgan fingerprint density at radius 2 is 1.59 bits per heavy atom. The molecule has 1 nitrogen and oxygen atoms in total. The molecule has 1 aliphatic heterocycles. The number of benzene rings is 1. The van der Waals surface area contributed by atoms with E-state index in [4.69, 9.17) is 0 Å². The molecule has 0 amide bonds. The quantitative estimate of drug-likeness (QED) is 0.634. The molecule has 0 spiro atoms. The third kappa shape index (κ3) is 5.86. The van der Waals surface area contributed by atoms with Gasteiger partial charge >= 0.3 is 0 Å². The standard InChI is InChI=1S/C12H11N.2C2H6/c1-2-6-11(7-3-1)12-8-4-5-9-13-10-12;2*1-2/h1-3,5-10H,4H2;2*1-2H3. The van der Waals surface area contributed by atoms with Gasteiger partial charge in [-0.15, -0.1) is 0 Å². The van der Waals surface area contributed by atoms with Crippen LogP contribution in [0.1, 0.15) is 39.7 Å². The molecule has 0 bridgehead atoms. The predicted molar refractivity (Wildman–Crippen MR) is 79.4 cm³/mol. The SMILES string of the molecule is C1=CN=CC(c2ccccc2)=CC1.CC.CC. The summed E-state index contributed by atoms with van der Waals surface area (Å²) in [6.45, 7) is 8.00. The number of hydrogen-bond acceptors (Lipinski definition) is 1. The highest BCUT2D eigenvalue weighted by Gasteiger charge is 1.97. The number of nitrogens with zero attached hydrogens (tertiary/aromatic N) is 1. The summed E-state index contributed by atoms with van der Waals surface area (Å²) < 4.78 is 0. The summed E-state index contributed by atoms with van der Waals surface area (Å²) in [5, 5.41) is 0. The van der Waals surface area contributed by atoms with Crippen LogP contribution in [0.25, 0.3) is 5.57 Å². The molecule has 0 aromatic heterocycles. The smallest absolute Gasteiger partial charge is 0.0343 e. The maximum absolute atomic E-state index is 4.15. The summed E-state index contributed by atoms with van der Waals surface area (Å²) in [6, 6.07) is 10.3. The second-order valence-corrected chi connectivity index (χ2v) is 2.92. The van der Waals surface area contributed by atoms with Gasteiger partial charge in [0.2, 0.25) is 0 Å². The fraction of sp³-hybridized carbons (Fsp3) is 0.312. The van der Waals surface area contributed by atoms with E-state index < -0.39 is 0 Å². The van der Waals surface area contributed by atoms with E-state index in [0.29, 0.717) is 0 Å². The van der Waals surface area contributed by atoms with Crippen molar-refractivity contribution in [2.75, 3.05) is 0 Å². The monoisotopic (exact) mass is 229 g/mol. The molecule has 1 aromatic carbocycles. The van der Waals surface area contributed by atoms with Crippen molar-refractivity contribution >= 4 is 11.8 Å². The molecule has 0 radical (unpaired) electrons. The van der Waals surface area contributed by atoms with Crippen molar-refractivity contribution in [1.82, 2.24) is 0 Å². The maximum Gasteiger partial charge on any atom is 0.0343 e. The summed E-state index contributed by atoms with van der Waals surface area (Å²) in [6.07, 6.45) is 8.93. The van der Waals surface area contributed by atoms with Crippen molar-refractivity contribution < 1.29 is 0 Å². The average Bonchev–Trinajstić information content (AvgIpc) is 2.73. The Balaban J connectivity index is 0.000000581. The lowest BCUT2D eigenvalue weighted by atomic mass is 10.1. The first kappa shape index (κ1) is 15.4. The van der Waals surface area contributed by atoms with Crippen molar-refractivity contribution in [1.29, 1.82) is 0 Å². The average molecular weight is 229 g/mol. The Morgan fingerprint density at radius 1 is 0.941 bits per heavy atom. The van der Waals surface area contributed by atoms with Gasteiger partial charge in [-0.1, -0.05) is 70.2 Å². The molecular weight excluding hydrogens is 206 g/mol. The molecule has 0 aliphatic carbocycles. The van der Waals surface area contributed by atoms with Gasteiger partial charge in [-0.2, -0.15) is 0 Å². The van der Waals surface area contributed by atoms with Crippen LogP contribution in [-0.4, -0.2) is 6.21 Å². The van der Waals surface area contributed by atoms with Gasteiger partial charge in [0.05, 0.1) is 0 Å². The van der Waals surface area contributed by atoms with E-state index in [1.807, 2.05) is 64.4 Å². The highest BCUT2D eigenvalue weighted by Crippen LogP contribution is 2.14. The minimum atomic E-state index is 0.963. The number of allylic oxidation sites excluding steroid dienone is 3. The summed E-state index contributed by atoms with van der Waals surface area (Å²) in [7, 11) is 0. The highest BCUT2D eigenvalue weighted by molar-refractivity contribution is 6.10. The summed E-state index contributed by atoms with van der Waals surface area (Å²) in [4.78, 5) is 4.15. The normalized spacial score (nSPS) is 12.4. The Kier molecular flexibility index (Phi) is 9.83. The zero-order chi connectivity index (χ0) is 12.9. The molecule has 92 valence electrons. The highest BCUT2D eigenvalue weighted by atomic mass is 14.7. The second kappa shape index (κ2) is 10.9. The van der Waals surface area contributed by atoms with E-state index in [9.17, 15) is 0 Å². The molecular formula is C16H23N. The third-order valence-electron chi connectivity index (χ3n) is 1.99. The number of hydrogen-bond donors (Lipinski definition) is 0. The van der Waals surface area contributed by atoms with Crippen LogP contribution in [0.2, 0.25) is 0 Å². The second-order valence-electron chi connectivity index (χ2n) is 2.92. The van der Waals surface area contributed by atoms with Crippen molar-refractivity contribution in [3.05, 3.63) is 54.2 Å². The van der Waals surface area contributed by atoms with Crippen molar-refractivity contribution in [2.24, 2.45) is 4.99 Å². The van der Waals surface area contributed by atoms with Crippen LogP contribution in [0, 0.1) is 0 Å². The molecule has 17 heavy (non-hydrogen) atoms. The van der Waals surface area contributed by atoms with Crippen LogP contribution in [0.3, 0.4) is 0 Å². The van der Waals surface area contributed by atoms with Gasteiger partial charge in [-0.05, 0) is 17.6 Å². The summed E-state index contributed by atoms with van der Waals surface area (Å²) >= 11 is 0. The van der Waals surface area contributed by atoms with Crippen LogP contribution in [0.4, 0.5) is 0 Å². The van der Waals surface area contributed by atoms with E-state index in [1.165, 1.54) is 11.1 Å². The van der Waals surface area contributed by atoms with Gasteiger partial charge in [0, 0.05) is 12.4 Å². The molecule has 0 atom stereocenters. The molecule has 1 aromatic rings. The van der Waals surface area contributed by atoms with Crippen LogP contribution in [-0.2, 0) is 0 Å². The van der Waals surface area contributed by atoms with Crippen LogP contribution in [0.5, 0.6) is 0 Å². The van der Waals surface area contributed by atoms with Gasteiger partial charge in [-0.3, -0.25) is 4.99 Å². The lowest BCUT2D eigenvalue weighted by Crippen LogP contribution is -1.83. The first-order valence-electron chi connectivity index (χ1n) is 6.40. The van der Waals surface area contributed by atoms with Gasteiger partial charge in [0.25, 0.3) is 0 Å². The minimum absolute atomic E-state index is 0.963. The molecule has 0 N–H and O–H groups in total. The minimum Gasteiger partial charge on any atom is -0.264 e. The van der Waals surface area contributed by atoms with Crippen LogP contribution >= 0.6 is 0 Å². The Labute approximate surface area is 106 Å². The fourth-order valence-corrected chi connectivity index (χ4v) is 1.32. The largest absolute Gasteiger partial charge is 0.264 e. The van der Waals surface area contributed by atoms with Gasteiger partial charge < -0.3 is 0 Å². The molecule has 0 saturated carbocycles. The molecule has 1 aliphatic rings. The first-order chi connectivity index (χ1) is 8.47. The molecule has 0 saturated heterocycles. The van der Waals surface area contributed by atoms with E-state index in [1.54, 1.807) is 0 Å². The van der Waals surface area contributed by atoms with Crippen LogP contribution < -0.4 is 0 Å². The Bertz CT molecular complexity index is 358. The lowest BCUT2D eigenvalue weighted by Gasteiger charge is -1.99. The molecule has 1 heterocycles. The molecule has 0 unspecified atom stereocenters.